The highest BCUT2D eigenvalue weighted by Gasteiger charge is 2.19. The second-order valence-corrected chi connectivity index (χ2v) is 5.98. The fourth-order valence-electron chi connectivity index (χ4n) is 2.73. The number of methoxy groups -OCH3 is 1. The maximum Gasteiger partial charge on any atom is 0.224 e. The van der Waals surface area contributed by atoms with Gasteiger partial charge < -0.3 is 14.5 Å². The molecule has 134 valence electrons. The quantitative estimate of drug-likeness (QED) is 0.695. The number of rotatable bonds is 9. The Kier molecular flexibility index (Phi) is 8.30. The van der Waals surface area contributed by atoms with Gasteiger partial charge in [0.1, 0.15) is 5.75 Å². The molecule has 5 heteroatoms. The summed E-state index contributed by atoms with van der Waals surface area (Å²) < 4.78 is 5.37. The van der Waals surface area contributed by atoms with Crippen LogP contribution in [0.25, 0.3) is 0 Å². The maximum absolute atomic E-state index is 12.5. The monoisotopic (exact) mass is 334 g/mol. The molecule has 0 spiro atoms. The van der Waals surface area contributed by atoms with Crippen molar-refractivity contribution in [2.24, 2.45) is 0 Å². The summed E-state index contributed by atoms with van der Waals surface area (Å²) in [5, 5.41) is 0. The van der Waals surface area contributed by atoms with Crippen LogP contribution < -0.4 is 9.64 Å². The minimum atomic E-state index is -0.0933. The Bertz CT molecular complexity index is 552. The van der Waals surface area contributed by atoms with E-state index < -0.39 is 0 Å². The Morgan fingerprint density at radius 2 is 1.71 bits per heavy atom. The van der Waals surface area contributed by atoms with Gasteiger partial charge in [0.15, 0.2) is 0 Å². The molecule has 0 atom stereocenters. The number of nitrogens with zero attached hydrogens (tertiary/aromatic N) is 2. The van der Waals surface area contributed by atoms with E-state index in [0.29, 0.717) is 18.7 Å². The Morgan fingerprint density at radius 3 is 2.21 bits per heavy atom. The lowest BCUT2D eigenvalue weighted by molar-refractivity contribution is -0.131. The Balaban J connectivity index is 2.89. The number of carbonyl (C=O) groups excluding carboxylic acids is 2. The molecule has 1 aromatic carbocycles. The van der Waals surface area contributed by atoms with E-state index in [1.807, 2.05) is 30.0 Å². The summed E-state index contributed by atoms with van der Waals surface area (Å²) in [6.07, 6.45) is 2.19. The summed E-state index contributed by atoms with van der Waals surface area (Å²) in [7, 11) is 1.59. The molecule has 0 heterocycles. The Labute approximate surface area is 145 Å². The predicted molar refractivity (Wildman–Crippen MR) is 97.5 cm³/mol. The molecule has 0 aliphatic rings. The molecule has 0 bridgehead atoms. The van der Waals surface area contributed by atoms with Gasteiger partial charge in [0, 0.05) is 33.0 Å². The highest BCUT2D eigenvalue weighted by atomic mass is 16.5. The van der Waals surface area contributed by atoms with Crippen LogP contribution in [0.2, 0.25) is 0 Å². The van der Waals surface area contributed by atoms with Crippen molar-refractivity contribution >= 4 is 17.5 Å². The van der Waals surface area contributed by atoms with Crippen molar-refractivity contribution in [1.82, 2.24) is 4.90 Å². The summed E-state index contributed by atoms with van der Waals surface area (Å²) in [5.74, 6) is 0.642. The van der Waals surface area contributed by atoms with Crippen molar-refractivity contribution in [2.75, 3.05) is 31.6 Å². The van der Waals surface area contributed by atoms with Gasteiger partial charge in [-0.3, -0.25) is 9.59 Å². The minimum absolute atomic E-state index is 0.0933. The van der Waals surface area contributed by atoms with E-state index in [1.54, 1.807) is 12.0 Å². The van der Waals surface area contributed by atoms with Crippen molar-refractivity contribution in [3.05, 3.63) is 23.8 Å². The molecule has 5 nitrogen and oxygen atoms in total. The number of amides is 2. The van der Waals surface area contributed by atoms with E-state index in [9.17, 15) is 9.59 Å². The number of carbonyl (C=O) groups is 2. The van der Waals surface area contributed by atoms with Crippen LogP contribution in [0, 0.1) is 6.92 Å². The number of ether oxygens (including phenoxy) is 1. The van der Waals surface area contributed by atoms with Crippen molar-refractivity contribution in [1.29, 1.82) is 0 Å². The van der Waals surface area contributed by atoms with E-state index in [-0.39, 0.29) is 11.8 Å². The molecule has 1 rings (SSSR count). The molecule has 0 saturated carbocycles. The maximum atomic E-state index is 12.5. The van der Waals surface area contributed by atoms with Gasteiger partial charge in [0.25, 0.3) is 0 Å². The van der Waals surface area contributed by atoms with Crippen LogP contribution in [0.3, 0.4) is 0 Å². The fourth-order valence-corrected chi connectivity index (χ4v) is 2.73. The van der Waals surface area contributed by atoms with Gasteiger partial charge >= 0.3 is 0 Å². The van der Waals surface area contributed by atoms with Crippen molar-refractivity contribution in [3.63, 3.8) is 0 Å². The molecule has 0 fully saturated rings. The van der Waals surface area contributed by atoms with Crippen molar-refractivity contribution in [2.45, 2.75) is 47.0 Å². The lowest BCUT2D eigenvalue weighted by atomic mass is 10.1. The van der Waals surface area contributed by atoms with Gasteiger partial charge in [-0.1, -0.05) is 19.9 Å². The highest BCUT2D eigenvalue weighted by molar-refractivity contribution is 5.94. The standard InChI is InChI=1S/C19H30N2O3/c1-6-11-20(12-7-2)19(23)10-13-21(16(4)22)17-14-15(3)8-9-18(17)24-5/h8-9,14H,6-7,10-13H2,1-5H3. The summed E-state index contributed by atoms with van der Waals surface area (Å²) in [5.41, 5.74) is 1.76. The highest BCUT2D eigenvalue weighted by Crippen LogP contribution is 2.29. The van der Waals surface area contributed by atoms with E-state index in [0.717, 1.165) is 37.2 Å². The zero-order valence-corrected chi connectivity index (χ0v) is 15.6. The van der Waals surface area contributed by atoms with Gasteiger partial charge in [-0.05, 0) is 37.5 Å². The lowest BCUT2D eigenvalue weighted by Crippen LogP contribution is -2.37. The van der Waals surface area contributed by atoms with Gasteiger partial charge in [-0.2, -0.15) is 0 Å². The van der Waals surface area contributed by atoms with E-state index >= 15 is 0 Å². The first-order valence-electron chi connectivity index (χ1n) is 8.65. The van der Waals surface area contributed by atoms with Gasteiger partial charge in [-0.15, -0.1) is 0 Å². The van der Waals surface area contributed by atoms with Gasteiger partial charge in [-0.25, -0.2) is 0 Å². The van der Waals surface area contributed by atoms with Crippen molar-refractivity contribution < 1.29 is 14.3 Å². The van der Waals surface area contributed by atoms with Crippen molar-refractivity contribution in [3.8, 4) is 5.75 Å². The number of hydrogen-bond donors (Lipinski definition) is 0. The molecule has 0 N–H and O–H groups in total. The average molecular weight is 334 g/mol. The fraction of sp³-hybridized carbons (Fsp3) is 0.579. The SMILES string of the molecule is CCCN(CCC)C(=O)CCN(C(C)=O)c1cc(C)ccc1OC. The molecule has 24 heavy (non-hydrogen) atoms. The number of anilines is 1. The zero-order chi connectivity index (χ0) is 18.1. The van der Waals surface area contributed by atoms with Crippen LogP contribution in [-0.4, -0.2) is 43.5 Å². The van der Waals surface area contributed by atoms with Crippen LogP contribution >= 0.6 is 0 Å². The average Bonchev–Trinajstić information content (AvgIpc) is 2.54. The first kappa shape index (κ1) is 20.0. The van der Waals surface area contributed by atoms with Gasteiger partial charge in [0.05, 0.1) is 12.8 Å². The molecule has 0 saturated heterocycles. The summed E-state index contributed by atoms with van der Waals surface area (Å²) >= 11 is 0. The normalized spacial score (nSPS) is 10.4. The van der Waals surface area contributed by atoms with E-state index in [1.165, 1.54) is 6.92 Å². The molecular weight excluding hydrogens is 304 g/mol. The predicted octanol–water partition coefficient (Wildman–Crippen LogP) is 3.40. The molecular formula is C19H30N2O3. The first-order chi connectivity index (χ1) is 11.4. The van der Waals surface area contributed by atoms with Crippen LogP contribution in [0.15, 0.2) is 18.2 Å². The third kappa shape index (κ3) is 5.55. The zero-order valence-electron chi connectivity index (χ0n) is 15.6. The summed E-state index contributed by atoms with van der Waals surface area (Å²) in [6.45, 7) is 9.50. The van der Waals surface area contributed by atoms with Crippen LogP contribution in [-0.2, 0) is 9.59 Å². The Hall–Kier alpha value is -2.04. The second kappa shape index (κ2) is 9.96. The first-order valence-corrected chi connectivity index (χ1v) is 8.65. The third-order valence-corrected chi connectivity index (χ3v) is 3.89. The topological polar surface area (TPSA) is 49.9 Å². The third-order valence-electron chi connectivity index (χ3n) is 3.89. The van der Waals surface area contributed by atoms with Crippen LogP contribution in [0.5, 0.6) is 5.75 Å². The van der Waals surface area contributed by atoms with E-state index in [4.69, 9.17) is 4.74 Å². The molecule has 0 unspecified atom stereocenters. The number of aryl methyl sites for hydroxylation is 1. The van der Waals surface area contributed by atoms with Crippen LogP contribution in [0.4, 0.5) is 5.69 Å². The van der Waals surface area contributed by atoms with Crippen LogP contribution in [0.1, 0.15) is 45.6 Å². The lowest BCUT2D eigenvalue weighted by Gasteiger charge is -2.26. The molecule has 0 aromatic heterocycles. The minimum Gasteiger partial charge on any atom is -0.495 e. The molecule has 0 aliphatic carbocycles. The summed E-state index contributed by atoms with van der Waals surface area (Å²) in [4.78, 5) is 28.1. The molecule has 2 amide bonds. The number of hydrogen-bond acceptors (Lipinski definition) is 3. The molecule has 1 aromatic rings. The molecule has 0 radical (unpaired) electrons. The van der Waals surface area contributed by atoms with Gasteiger partial charge in [0.2, 0.25) is 11.8 Å². The Morgan fingerprint density at radius 1 is 1.08 bits per heavy atom. The van der Waals surface area contributed by atoms with E-state index in [2.05, 4.69) is 13.8 Å². The smallest absolute Gasteiger partial charge is 0.224 e. The largest absolute Gasteiger partial charge is 0.495 e. The number of benzene rings is 1. The second-order valence-electron chi connectivity index (χ2n) is 5.98. The molecule has 0 aliphatic heterocycles. The summed E-state index contributed by atoms with van der Waals surface area (Å²) in [6, 6.07) is 5.71.